The second-order valence-corrected chi connectivity index (χ2v) is 10.4. The van der Waals surface area contributed by atoms with Crippen molar-refractivity contribution in [2.45, 2.75) is 56.5 Å². The van der Waals surface area contributed by atoms with Gasteiger partial charge in [-0.2, -0.15) is 23.8 Å². The Labute approximate surface area is 210 Å². The molecule has 1 aromatic heterocycles. The van der Waals surface area contributed by atoms with Crippen LogP contribution in [-0.4, -0.2) is 36.3 Å². The lowest BCUT2D eigenvalue weighted by atomic mass is 10.1. The van der Waals surface area contributed by atoms with E-state index >= 15 is 0 Å². The molecule has 0 radical (unpaired) electrons. The molecule has 0 aliphatic rings. The van der Waals surface area contributed by atoms with Crippen LogP contribution in [0.4, 0.5) is 19.0 Å². The second kappa shape index (κ2) is 11.5. The van der Waals surface area contributed by atoms with Crippen LogP contribution in [0.15, 0.2) is 17.0 Å². The predicted molar refractivity (Wildman–Crippen MR) is 126 cm³/mol. The van der Waals surface area contributed by atoms with E-state index in [-0.39, 0.29) is 12.1 Å². The molecule has 0 spiro atoms. The van der Waals surface area contributed by atoms with Gasteiger partial charge in [0.1, 0.15) is 16.4 Å². The van der Waals surface area contributed by atoms with Crippen LogP contribution in [0, 0.1) is 5.41 Å². The lowest BCUT2D eigenvalue weighted by Crippen LogP contribution is -2.28. The molecule has 4 N–H and O–H groups in total. The largest absolute Gasteiger partial charge is 0.416 e. The number of sulfone groups is 1. The van der Waals surface area contributed by atoms with Crippen molar-refractivity contribution in [3.05, 3.63) is 33.4 Å². The van der Waals surface area contributed by atoms with Crippen LogP contribution < -0.4 is 11.2 Å². The number of hydrogen-bond donors (Lipinski definition) is 3. The minimum absolute atomic E-state index is 0.0796. The molecule has 0 saturated carbocycles. The number of nitrogen functional groups attached to an aromatic ring is 1. The lowest BCUT2D eigenvalue weighted by Gasteiger charge is -2.13. The third-order valence-electron chi connectivity index (χ3n) is 4.79. The molecule has 0 aliphatic heterocycles. The van der Waals surface area contributed by atoms with Gasteiger partial charge in [0.15, 0.2) is 21.4 Å². The maximum Gasteiger partial charge on any atom is 0.416 e. The molecule has 2 rings (SSSR count). The van der Waals surface area contributed by atoms with Crippen LogP contribution in [0.1, 0.15) is 56.7 Å². The van der Waals surface area contributed by atoms with Crippen molar-refractivity contribution in [1.82, 2.24) is 15.3 Å². The monoisotopic (exact) mass is 557 g/mol. The Morgan fingerprint density at radius 2 is 1.77 bits per heavy atom. The Morgan fingerprint density at radius 1 is 1.20 bits per heavy atom. The summed E-state index contributed by atoms with van der Waals surface area (Å²) in [6.07, 6.45) is 0.597. The van der Waals surface area contributed by atoms with Gasteiger partial charge in [-0.15, -0.1) is 0 Å². The number of rotatable bonds is 9. The number of carbonyl (C=O) groups is 1. The quantitative estimate of drug-likeness (QED) is 0.172. The summed E-state index contributed by atoms with van der Waals surface area (Å²) >= 11 is 12.0. The number of carbonyl (C=O) groups excluding carboxylic acids is 1. The number of halogens is 5. The molecular formula is C20H24Cl2F3N5O4S. The van der Waals surface area contributed by atoms with Crippen molar-refractivity contribution in [2.75, 3.05) is 12.0 Å². The highest BCUT2D eigenvalue weighted by atomic mass is 35.5. The Balaban J connectivity index is 2.35. The fourth-order valence-electron chi connectivity index (χ4n) is 3.13. The summed E-state index contributed by atoms with van der Waals surface area (Å²) in [5.74, 6) is -1.96. The molecule has 0 bridgehead atoms. The number of nitrogens with one attached hydrogen (secondary N) is 2. The number of unbranched alkanes of at least 4 members (excludes halogenated alkanes) is 4. The molecule has 0 amide bonds. The van der Waals surface area contributed by atoms with E-state index < -0.39 is 59.8 Å². The normalized spacial score (nSPS) is 12.0. The number of alkyl halides is 3. The van der Waals surface area contributed by atoms with Gasteiger partial charge in [0.05, 0.1) is 15.6 Å². The lowest BCUT2D eigenvalue weighted by molar-refractivity contribution is -0.148. The number of hydroxylamine groups is 1. The van der Waals surface area contributed by atoms with E-state index in [2.05, 4.69) is 12.0 Å². The van der Waals surface area contributed by atoms with Crippen molar-refractivity contribution < 1.29 is 31.2 Å². The molecule has 194 valence electrons. The van der Waals surface area contributed by atoms with Gasteiger partial charge in [-0.25, -0.2) is 17.9 Å². The van der Waals surface area contributed by atoms with Gasteiger partial charge in [-0.3, -0.25) is 5.41 Å². The number of amidine groups is 1. The number of hydrogen-bond acceptors (Lipinski definition) is 7. The van der Waals surface area contributed by atoms with E-state index in [0.29, 0.717) is 23.2 Å². The van der Waals surface area contributed by atoms with Crippen molar-refractivity contribution in [3.63, 3.8) is 0 Å². The van der Waals surface area contributed by atoms with Crippen molar-refractivity contribution in [3.8, 4) is 5.69 Å². The molecule has 2 aromatic rings. The first-order valence-electron chi connectivity index (χ1n) is 10.4. The molecule has 35 heavy (non-hydrogen) atoms. The Bertz CT molecular complexity index is 1190. The Morgan fingerprint density at radius 3 is 2.29 bits per heavy atom. The number of benzene rings is 1. The number of aromatic nitrogens is 2. The molecule has 15 heteroatoms. The molecule has 9 nitrogen and oxygen atoms in total. The summed E-state index contributed by atoms with van der Waals surface area (Å²) in [6.45, 7) is 2.06. The van der Waals surface area contributed by atoms with Crippen LogP contribution in [-0.2, 0) is 25.6 Å². The average Bonchev–Trinajstić information content (AvgIpc) is 3.08. The van der Waals surface area contributed by atoms with Crippen LogP contribution in [0.5, 0.6) is 0 Å². The molecule has 1 aromatic carbocycles. The van der Waals surface area contributed by atoms with Gasteiger partial charge in [0.2, 0.25) is 0 Å². The molecule has 1 heterocycles. The van der Waals surface area contributed by atoms with E-state index in [1.54, 1.807) is 0 Å². The summed E-state index contributed by atoms with van der Waals surface area (Å²) in [6, 6.07) is 1.16. The first-order chi connectivity index (χ1) is 16.2. The van der Waals surface area contributed by atoms with Gasteiger partial charge < -0.3 is 10.6 Å². The molecule has 0 fully saturated rings. The first kappa shape index (κ1) is 28.7. The van der Waals surface area contributed by atoms with Gasteiger partial charge in [0.25, 0.3) is 0 Å². The smallest absolute Gasteiger partial charge is 0.382 e. The van der Waals surface area contributed by atoms with E-state index in [9.17, 15) is 26.4 Å². The summed E-state index contributed by atoms with van der Waals surface area (Å²) < 4.78 is 64.6. The van der Waals surface area contributed by atoms with Gasteiger partial charge in [-0.1, -0.05) is 55.8 Å². The fourth-order valence-corrected chi connectivity index (χ4v) is 4.74. The average molecular weight is 558 g/mol. The van der Waals surface area contributed by atoms with E-state index in [1.807, 2.05) is 5.48 Å². The summed E-state index contributed by atoms with van der Waals surface area (Å²) in [5, 5.41) is 11.0. The SMILES string of the molecule is CCCCCCCC(=O)ONC(=N)c1nn(-c2c(Cl)cc(C(F)(F)F)cc2Cl)c(N)c1S(C)(=O)=O. The maximum absolute atomic E-state index is 13.1. The van der Waals surface area contributed by atoms with E-state index in [0.717, 1.165) is 31.9 Å². The third kappa shape index (κ3) is 7.24. The van der Waals surface area contributed by atoms with Crippen LogP contribution in [0.3, 0.4) is 0 Å². The van der Waals surface area contributed by atoms with Crippen molar-refractivity contribution >= 4 is 50.7 Å². The van der Waals surface area contributed by atoms with Gasteiger partial charge in [-0.05, 0) is 18.6 Å². The summed E-state index contributed by atoms with van der Waals surface area (Å²) in [4.78, 5) is 16.1. The Kier molecular flexibility index (Phi) is 9.42. The molecule has 0 atom stereocenters. The summed E-state index contributed by atoms with van der Waals surface area (Å²) in [5.41, 5.74) is 5.96. The van der Waals surface area contributed by atoms with Crippen molar-refractivity contribution in [1.29, 1.82) is 5.41 Å². The van der Waals surface area contributed by atoms with E-state index in [4.69, 9.17) is 39.2 Å². The maximum atomic E-state index is 13.1. The van der Waals surface area contributed by atoms with E-state index in [1.165, 1.54) is 0 Å². The minimum atomic E-state index is -4.74. The standard InChI is InChI=1S/C20H24Cl2F3N5O4S/c1-3-4-5-6-7-8-14(31)34-29-18(26)15-17(35(2,32)33)19(27)30(28-15)16-12(21)9-11(10-13(16)22)20(23,24)25/h9-10H,3-8,27H2,1-2H3,(H2,26,29). The highest BCUT2D eigenvalue weighted by Gasteiger charge is 2.34. The van der Waals surface area contributed by atoms with Gasteiger partial charge >= 0.3 is 12.1 Å². The van der Waals surface area contributed by atoms with Crippen molar-refractivity contribution in [2.24, 2.45) is 0 Å². The molecule has 0 aliphatic carbocycles. The second-order valence-electron chi connectivity index (χ2n) is 7.65. The third-order valence-corrected chi connectivity index (χ3v) is 6.51. The highest BCUT2D eigenvalue weighted by molar-refractivity contribution is 7.91. The molecule has 0 unspecified atom stereocenters. The zero-order valence-corrected chi connectivity index (χ0v) is 21.1. The predicted octanol–water partition coefficient (Wildman–Crippen LogP) is 4.92. The number of anilines is 1. The van der Waals surface area contributed by atoms with Crippen LogP contribution >= 0.6 is 23.2 Å². The van der Waals surface area contributed by atoms with Crippen LogP contribution in [0.25, 0.3) is 5.69 Å². The zero-order valence-electron chi connectivity index (χ0n) is 18.8. The van der Waals surface area contributed by atoms with Gasteiger partial charge in [0, 0.05) is 12.7 Å². The highest BCUT2D eigenvalue weighted by Crippen LogP contribution is 2.39. The number of nitrogens with zero attached hydrogens (tertiary/aromatic N) is 2. The Hall–Kier alpha value is -2.51. The minimum Gasteiger partial charge on any atom is -0.382 e. The fraction of sp³-hybridized carbons (Fsp3) is 0.450. The number of nitrogens with two attached hydrogens (primary N) is 1. The summed E-state index contributed by atoms with van der Waals surface area (Å²) in [7, 11) is -4.11. The zero-order chi connectivity index (χ0) is 26.6. The molecular weight excluding hydrogens is 534 g/mol. The topological polar surface area (TPSA) is 140 Å². The van der Waals surface area contributed by atoms with Crippen LogP contribution in [0.2, 0.25) is 10.0 Å². The first-order valence-corrected chi connectivity index (χ1v) is 13.0. The molecule has 0 saturated heterocycles.